The van der Waals surface area contributed by atoms with E-state index in [9.17, 15) is 13.6 Å². The molecule has 0 aliphatic heterocycles. The molecule has 1 N–H and O–H groups in total. The number of carbonyl (C=O) groups excluding carboxylic acids is 1. The molecule has 122 valence electrons. The van der Waals surface area contributed by atoms with Crippen molar-refractivity contribution in [2.24, 2.45) is 0 Å². The Morgan fingerprint density at radius 1 is 1.09 bits per heavy atom. The lowest BCUT2D eigenvalue weighted by atomic mass is 9.72. The molecule has 23 heavy (non-hydrogen) atoms. The van der Waals surface area contributed by atoms with Gasteiger partial charge in [-0.25, -0.2) is 8.78 Å². The summed E-state index contributed by atoms with van der Waals surface area (Å²) in [5, 5.41) is 2.57. The quantitative estimate of drug-likeness (QED) is 0.861. The van der Waals surface area contributed by atoms with Gasteiger partial charge in [0.2, 0.25) is 12.3 Å². The minimum absolute atomic E-state index is 0.237. The topological polar surface area (TPSA) is 29.1 Å². The number of halogens is 2. The van der Waals surface area contributed by atoms with Crippen LogP contribution in [-0.2, 0) is 16.6 Å². The number of amides is 1. The summed E-state index contributed by atoms with van der Waals surface area (Å²) in [6.45, 7) is 1.93. The molecule has 2 rings (SSSR count). The maximum absolute atomic E-state index is 13.3. The van der Waals surface area contributed by atoms with Crippen LogP contribution in [0.2, 0.25) is 0 Å². The van der Waals surface area contributed by atoms with E-state index in [1.807, 2.05) is 49.4 Å². The minimum Gasteiger partial charge on any atom is -0.358 e. The van der Waals surface area contributed by atoms with Crippen LogP contribution in [0.25, 0.3) is 0 Å². The Morgan fingerprint density at radius 2 is 1.70 bits per heavy atom. The molecule has 0 radical (unpaired) electrons. The third-order valence-corrected chi connectivity index (χ3v) is 4.12. The number of hydrogen-bond donors (Lipinski definition) is 1. The zero-order valence-electron chi connectivity index (χ0n) is 13.4. The molecule has 2 nitrogen and oxygen atoms in total. The van der Waals surface area contributed by atoms with Crippen molar-refractivity contribution in [3.63, 3.8) is 0 Å². The highest BCUT2D eigenvalue weighted by Gasteiger charge is 2.42. The van der Waals surface area contributed by atoms with E-state index in [1.54, 1.807) is 12.1 Å². The first-order valence-electron chi connectivity index (χ1n) is 7.59. The van der Waals surface area contributed by atoms with E-state index in [-0.39, 0.29) is 12.3 Å². The third kappa shape index (κ3) is 3.95. The Morgan fingerprint density at radius 3 is 2.22 bits per heavy atom. The van der Waals surface area contributed by atoms with Gasteiger partial charge < -0.3 is 5.32 Å². The molecule has 2 aromatic carbocycles. The number of alkyl halides is 2. The fourth-order valence-corrected chi connectivity index (χ4v) is 2.92. The predicted molar refractivity (Wildman–Crippen MR) is 87.7 cm³/mol. The van der Waals surface area contributed by atoms with Crippen LogP contribution in [0.5, 0.6) is 0 Å². The van der Waals surface area contributed by atoms with Crippen molar-refractivity contribution in [1.82, 2.24) is 5.32 Å². The largest absolute Gasteiger partial charge is 0.358 e. The molecule has 1 amide bonds. The van der Waals surface area contributed by atoms with E-state index >= 15 is 0 Å². The second kappa shape index (κ2) is 7.36. The molecule has 0 aliphatic carbocycles. The Bertz CT molecular complexity index is 640. The third-order valence-electron chi connectivity index (χ3n) is 4.12. The number of hydrogen-bond acceptors (Lipinski definition) is 1. The van der Waals surface area contributed by atoms with Crippen molar-refractivity contribution in [3.8, 4) is 0 Å². The molecule has 0 saturated heterocycles. The molecular formula is C19H21F2NO. The van der Waals surface area contributed by atoms with Gasteiger partial charge in [0.05, 0.1) is 5.41 Å². The normalized spacial score (nSPS) is 13.6. The van der Waals surface area contributed by atoms with Gasteiger partial charge >= 0.3 is 0 Å². The number of likely N-dealkylation sites (N-methyl/N-ethyl adjacent to an activating group) is 1. The van der Waals surface area contributed by atoms with Gasteiger partial charge in [0.15, 0.2) is 0 Å². The van der Waals surface area contributed by atoms with Crippen LogP contribution in [0.1, 0.15) is 23.1 Å². The number of rotatable bonds is 6. The van der Waals surface area contributed by atoms with Crippen molar-refractivity contribution in [2.45, 2.75) is 31.6 Å². The van der Waals surface area contributed by atoms with Crippen molar-refractivity contribution in [1.29, 1.82) is 0 Å². The average molecular weight is 317 g/mol. The summed E-state index contributed by atoms with van der Waals surface area (Å²) >= 11 is 0. The van der Waals surface area contributed by atoms with E-state index in [0.29, 0.717) is 5.56 Å². The van der Waals surface area contributed by atoms with E-state index in [4.69, 9.17) is 0 Å². The van der Waals surface area contributed by atoms with Crippen LogP contribution >= 0.6 is 0 Å². The Kier molecular flexibility index (Phi) is 5.48. The summed E-state index contributed by atoms with van der Waals surface area (Å²) in [5.41, 5.74) is 1.22. The molecule has 0 unspecified atom stereocenters. The second-order valence-electron chi connectivity index (χ2n) is 5.78. The first-order chi connectivity index (χ1) is 11.0. The summed E-state index contributed by atoms with van der Waals surface area (Å²) in [6, 6.07) is 16.5. The molecule has 0 fully saturated rings. The van der Waals surface area contributed by atoms with Crippen LogP contribution in [0.4, 0.5) is 8.78 Å². The zero-order valence-corrected chi connectivity index (χ0v) is 13.4. The second-order valence-corrected chi connectivity index (χ2v) is 5.78. The van der Waals surface area contributed by atoms with Crippen molar-refractivity contribution in [3.05, 3.63) is 71.3 Å². The molecule has 0 saturated carbocycles. The Hall–Kier alpha value is -2.23. The van der Waals surface area contributed by atoms with Crippen LogP contribution in [-0.4, -0.2) is 19.4 Å². The maximum Gasteiger partial charge on any atom is 0.240 e. The summed E-state index contributed by atoms with van der Waals surface area (Å²) in [6.07, 6.45) is -2.84. The van der Waals surface area contributed by atoms with E-state index in [2.05, 4.69) is 5.32 Å². The zero-order chi connectivity index (χ0) is 16.9. The predicted octanol–water partition coefficient (Wildman–Crippen LogP) is 3.88. The highest BCUT2D eigenvalue weighted by atomic mass is 19.3. The van der Waals surface area contributed by atoms with E-state index < -0.39 is 18.3 Å². The van der Waals surface area contributed by atoms with Gasteiger partial charge in [-0.3, -0.25) is 4.79 Å². The average Bonchev–Trinajstić information content (AvgIpc) is 2.54. The molecule has 1 atom stereocenters. The molecule has 0 aromatic heterocycles. The number of carbonyl (C=O) groups is 1. The highest BCUT2D eigenvalue weighted by Crippen LogP contribution is 2.35. The summed E-state index contributed by atoms with van der Waals surface area (Å²) in [4.78, 5) is 12.6. The Balaban J connectivity index is 2.54. The minimum atomic E-state index is -2.57. The summed E-state index contributed by atoms with van der Waals surface area (Å²) in [7, 11) is 1.49. The van der Waals surface area contributed by atoms with Gasteiger partial charge in [-0.15, -0.1) is 0 Å². The van der Waals surface area contributed by atoms with Crippen molar-refractivity contribution < 1.29 is 13.6 Å². The lowest BCUT2D eigenvalue weighted by molar-refractivity contribution is -0.128. The van der Waals surface area contributed by atoms with E-state index in [1.165, 1.54) is 7.05 Å². The monoisotopic (exact) mass is 317 g/mol. The van der Waals surface area contributed by atoms with Crippen molar-refractivity contribution in [2.75, 3.05) is 7.05 Å². The van der Waals surface area contributed by atoms with Crippen LogP contribution in [0.15, 0.2) is 54.6 Å². The van der Waals surface area contributed by atoms with Crippen molar-refractivity contribution >= 4 is 5.91 Å². The standard InChI is InChI=1S/C19H21F2NO/c1-14-8-10-16(11-9-14)19(13-17(20)21,18(23)22-2)12-15-6-4-3-5-7-15/h3-11,17H,12-13H2,1-2H3,(H,22,23)/t19-/m0/s1. The molecular weight excluding hydrogens is 296 g/mol. The molecule has 0 spiro atoms. The van der Waals surface area contributed by atoms with Gasteiger partial charge in [0, 0.05) is 13.5 Å². The number of aryl methyl sites for hydroxylation is 1. The molecule has 0 aliphatic rings. The van der Waals surface area contributed by atoms with Gasteiger partial charge in [-0.2, -0.15) is 0 Å². The highest BCUT2D eigenvalue weighted by molar-refractivity contribution is 5.88. The first kappa shape index (κ1) is 17.1. The SMILES string of the molecule is CNC(=O)[C@@](Cc1ccccc1)(CC(F)F)c1ccc(C)cc1. The fraction of sp³-hybridized carbons (Fsp3) is 0.316. The first-order valence-corrected chi connectivity index (χ1v) is 7.59. The number of nitrogens with one attached hydrogen (secondary N) is 1. The molecule has 0 heterocycles. The van der Waals surface area contributed by atoms with Gasteiger partial charge in [0.1, 0.15) is 0 Å². The summed E-state index contributed by atoms with van der Waals surface area (Å²) < 4.78 is 26.6. The molecule has 0 bridgehead atoms. The Labute approximate surface area is 135 Å². The molecule has 4 heteroatoms. The molecule has 2 aromatic rings. The maximum atomic E-state index is 13.3. The summed E-state index contributed by atoms with van der Waals surface area (Å²) in [5.74, 6) is -0.384. The van der Waals surface area contributed by atoms with Gasteiger partial charge in [-0.05, 0) is 24.5 Å². The van der Waals surface area contributed by atoms with Crippen LogP contribution < -0.4 is 5.32 Å². The smallest absolute Gasteiger partial charge is 0.240 e. The van der Waals surface area contributed by atoms with Crippen LogP contribution in [0.3, 0.4) is 0 Å². The van der Waals surface area contributed by atoms with Gasteiger partial charge in [0.25, 0.3) is 0 Å². The lowest BCUT2D eigenvalue weighted by Crippen LogP contribution is -2.46. The van der Waals surface area contributed by atoms with E-state index in [0.717, 1.165) is 11.1 Å². The van der Waals surface area contributed by atoms with Crippen LogP contribution in [0, 0.1) is 6.92 Å². The number of benzene rings is 2. The fourth-order valence-electron chi connectivity index (χ4n) is 2.92. The van der Waals surface area contributed by atoms with Gasteiger partial charge in [-0.1, -0.05) is 60.2 Å². The lowest BCUT2D eigenvalue weighted by Gasteiger charge is -2.32.